The second-order valence-electron chi connectivity index (χ2n) is 7.27. The van der Waals surface area contributed by atoms with Gasteiger partial charge < -0.3 is 20.1 Å². The Hall–Kier alpha value is -0.120. The van der Waals surface area contributed by atoms with Crippen molar-refractivity contribution in [3.8, 4) is 0 Å². The van der Waals surface area contributed by atoms with E-state index in [9.17, 15) is 0 Å². The maximum Gasteiger partial charge on any atom is 0.191 e. The van der Waals surface area contributed by atoms with Gasteiger partial charge in [0.05, 0.1) is 13.2 Å². The van der Waals surface area contributed by atoms with Gasteiger partial charge in [0, 0.05) is 57.4 Å². The first-order valence-corrected chi connectivity index (χ1v) is 9.98. The second-order valence-corrected chi connectivity index (χ2v) is 7.27. The molecule has 0 radical (unpaired) electrons. The monoisotopic (exact) mass is 484 g/mol. The van der Waals surface area contributed by atoms with Crippen molar-refractivity contribution in [2.45, 2.75) is 59.5 Å². The molecular formula is C19H41IN4O2. The van der Waals surface area contributed by atoms with Gasteiger partial charge in [0.15, 0.2) is 5.96 Å². The summed E-state index contributed by atoms with van der Waals surface area (Å²) < 4.78 is 11.1. The molecule has 1 aliphatic rings. The van der Waals surface area contributed by atoms with Gasteiger partial charge in [0.1, 0.15) is 0 Å². The molecule has 0 saturated carbocycles. The van der Waals surface area contributed by atoms with Crippen LogP contribution in [0.1, 0.15) is 47.5 Å². The number of nitrogens with one attached hydrogen (secondary N) is 2. The number of hydrogen-bond donors (Lipinski definition) is 2. The number of ether oxygens (including phenoxy) is 2. The third kappa shape index (κ3) is 11.6. The SMILES string of the molecule is CCNC(=NCCCOCC1CCOC1)NCCN(C(C)C)C(C)C.I. The van der Waals surface area contributed by atoms with Crippen LogP contribution in [0.3, 0.4) is 0 Å². The molecule has 0 bridgehead atoms. The lowest BCUT2D eigenvalue weighted by Gasteiger charge is -2.30. The average molecular weight is 484 g/mol. The van der Waals surface area contributed by atoms with Crippen LogP contribution in [0.15, 0.2) is 4.99 Å². The number of guanidine groups is 1. The van der Waals surface area contributed by atoms with Crippen LogP contribution in [0.5, 0.6) is 0 Å². The van der Waals surface area contributed by atoms with Crippen molar-refractivity contribution in [3.63, 3.8) is 0 Å². The Morgan fingerprint density at radius 1 is 1.23 bits per heavy atom. The van der Waals surface area contributed by atoms with Crippen LogP contribution in [0.25, 0.3) is 0 Å². The molecule has 0 aliphatic carbocycles. The van der Waals surface area contributed by atoms with Crippen LogP contribution >= 0.6 is 24.0 Å². The van der Waals surface area contributed by atoms with E-state index in [1.54, 1.807) is 0 Å². The van der Waals surface area contributed by atoms with Crippen molar-refractivity contribution < 1.29 is 9.47 Å². The normalized spacial score (nSPS) is 17.8. The van der Waals surface area contributed by atoms with E-state index in [-0.39, 0.29) is 24.0 Å². The fourth-order valence-electron chi connectivity index (χ4n) is 3.08. The number of rotatable bonds is 12. The fourth-order valence-corrected chi connectivity index (χ4v) is 3.08. The van der Waals surface area contributed by atoms with Gasteiger partial charge >= 0.3 is 0 Å². The quantitative estimate of drug-likeness (QED) is 0.193. The van der Waals surface area contributed by atoms with Gasteiger partial charge in [-0.25, -0.2) is 0 Å². The first-order chi connectivity index (χ1) is 12.0. The Morgan fingerprint density at radius 3 is 2.54 bits per heavy atom. The first kappa shape index (κ1) is 25.9. The molecule has 6 nitrogen and oxygen atoms in total. The fraction of sp³-hybridized carbons (Fsp3) is 0.947. The van der Waals surface area contributed by atoms with Crippen molar-refractivity contribution in [1.29, 1.82) is 0 Å². The van der Waals surface area contributed by atoms with Crippen LogP contribution < -0.4 is 10.6 Å². The minimum absolute atomic E-state index is 0. The molecule has 1 aliphatic heterocycles. The van der Waals surface area contributed by atoms with Crippen LogP contribution in [-0.4, -0.2) is 75.5 Å². The van der Waals surface area contributed by atoms with E-state index >= 15 is 0 Å². The third-order valence-corrected chi connectivity index (χ3v) is 4.43. The highest BCUT2D eigenvalue weighted by Gasteiger charge is 2.15. The van der Waals surface area contributed by atoms with E-state index in [0.29, 0.717) is 18.0 Å². The van der Waals surface area contributed by atoms with Crippen LogP contribution in [0, 0.1) is 5.92 Å². The van der Waals surface area contributed by atoms with Crippen molar-refractivity contribution in [2.75, 3.05) is 52.6 Å². The molecule has 0 aromatic rings. The van der Waals surface area contributed by atoms with Gasteiger partial charge in [-0.15, -0.1) is 24.0 Å². The summed E-state index contributed by atoms with van der Waals surface area (Å²) in [7, 11) is 0. The molecule has 1 fully saturated rings. The Balaban J connectivity index is 0.00000625. The molecule has 0 aromatic carbocycles. The lowest BCUT2D eigenvalue weighted by atomic mass is 10.1. The smallest absolute Gasteiger partial charge is 0.191 e. The van der Waals surface area contributed by atoms with E-state index < -0.39 is 0 Å². The van der Waals surface area contributed by atoms with Gasteiger partial charge in [-0.3, -0.25) is 9.89 Å². The summed E-state index contributed by atoms with van der Waals surface area (Å²) in [6, 6.07) is 1.12. The lowest BCUT2D eigenvalue weighted by Crippen LogP contribution is -2.45. The third-order valence-electron chi connectivity index (χ3n) is 4.43. The summed E-state index contributed by atoms with van der Waals surface area (Å²) in [4.78, 5) is 7.12. The molecule has 1 rings (SSSR count). The Kier molecular flexibility index (Phi) is 15.8. The summed E-state index contributed by atoms with van der Waals surface area (Å²) in [5, 5.41) is 6.75. The molecule has 1 unspecified atom stereocenters. The summed E-state index contributed by atoms with van der Waals surface area (Å²) in [6.07, 6.45) is 2.09. The molecule has 26 heavy (non-hydrogen) atoms. The predicted octanol–water partition coefficient (Wildman–Crippen LogP) is 2.72. The van der Waals surface area contributed by atoms with Gasteiger partial charge in [0.2, 0.25) is 0 Å². The molecule has 156 valence electrons. The highest BCUT2D eigenvalue weighted by molar-refractivity contribution is 14.0. The lowest BCUT2D eigenvalue weighted by molar-refractivity contribution is 0.0893. The molecule has 1 heterocycles. The van der Waals surface area contributed by atoms with E-state index in [0.717, 1.165) is 71.4 Å². The topological polar surface area (TPSA) is 58.1 Å². The average Bonchev–Trinajstić information content (AvgIpc) is 3.07. The maximum absolute atomic E-state index is 5.73. The van der Waals surface area contributed by atoms with Crippen molar-refractivity contribution in [3.05, 3.63) is 0 Å². The zero-order chi connectivity index (χ0) is 18.5. The van der Waals surface area contributed by atoms with Crippen LogP contribution in [0.2, 0.25) is 0 Å². The second kappa shape index (κ2) is 15.9. The molecule has 0 aromatic heterocycles. The van der Waals surface area contributed by atoms with Gasteiger partial charge in [0.25, 0.3) is 0 Å². The summed E-state index contributed by atoms with van der Waals surface area (Å²) >= 11 is 0. The Labute approximate surface area is 177 Å². The largest absolute Gasteiger partial charge is 0.381 e. The summed E-state index contributed by atoms with van der Waals surface area (Å²) in [5.41, 5.74) is 0. The van der Waals surface area contributed by atoms with E-state index in [2.05, 4.69) is 55.1 Å². The minimum atomic E-state index is 0. The highest BCUT2D eigenvalue weighted by Crippen LogP contribution is 2.12. The molecular weight excluding hydrogens is 443 g/mol. The number of nitrogens with zero attached hydrogens (tertiary/aromatic N) is 2. The predicted molar refractivity (Wildman–Crippen MR) is 121 cm³/mol. The summed E-state index contributed by atoms with van der Waals surface area (Å²) in [5.74, 6) is 1.49. The maximum atomic E-state index is 5.73. The molecule has 1 saturated heterocycles. The zero-order valence-electron chi connectivity index (χ0n) is 17.4. The van der Waals surface area contributed by atoms with Gasteiger partial charge in [-0.2, -0.15) is 0 Å². The number of hydrogen-bond acceptors (Lipinski definition) is 4. The van der Waals surface area contributed by atoms with Crippen LogP contribution in [0.4, 0.5) is 0 Å². The minimum Gasteiger partial charge on any atom is -0.381 e. The van der Waals surface area contributed by atoms with E-state index in [1.807, 2.05) is 0 Å². The van der Waals surface area contributed by atoms with Crippen molar-refractivity contribution in [1.82, 2.24) is 15.5 Å². The molecule has 0 spiro atoms. The van der Waals surface area contributed by atoms with E-state index in [1.165, 1.54) is 0 Å². The van der Waals surface area contributed by atoms with Crippen molar-refractivity contribution >= 4 is 29.9 Å². The molecule has 2 N–H and O–H groups in total. The standard InChI is InChI=1S/C19H40N4O2.HI/c1-6-20-19(22-10-11-23(16(2)3)17(4)5)21-9-7-12-24-14-18-8-13-25-15-18;/h16-18H,6-15H2,1-5H3,(H2,20,21,22);1H. The highest BCUT2D eigenvalue weighted by atomic mass is 127. The first-order valence-electron chi connectivity index (χ1n) is 9.98. The number of aliphatic imine (C=N–C) groups is 1. The Morgan fingerprint density at radius 2 is 1.96 bits per heavy atom. The molecule has 0 amide bonds. The summed E-state index contributed by atoms with van der Waals surface area (Å²) in [6.45, 7) is 18.0. The van der Waals surface area contributed by atoms with Gasteiger partial charge in [-0.05, 0) is 47.5 Å². The van der Waals surface area contributed by atoms with Crippen LogP contribution in [-0.2, 0) is 9.47 Å². The zero-order valence-corrected chi connectivity index (χ0v) is 19.8. The Bertz CT molecular complexity index is 353. The van der Waals surface area contributed by atoms with Crippen molar-refractivity contribution in [2.24, 2.45) is 10.9 Å². The van der Waals surface area contributed by atoms with E-state index in [4.69, 9.17) is 9.47 Å². The van der Waals surface area contributed by atoms with Gasteiger partial charge in [-0.1, -0.05) is 0 Å². The number of halogens is 1. The molecule has 1 atom stereocenters. The molecule has 7 heteroatoms.